The summed E-state index contributed by atoms with van der Waals surface area (Å²) >= 11 is 1.77. The summed E-state index contributed by atoms with van der Waals surface area (Å²) in [5.41, 5.74) is 4.85. The average Bonchev–Trinajstić information content (AvgIpc) is 3.38. The molecule has 1 aromatic heterocycles. The maximum absolute atomic E-state index is 13.9. The number of hydrogen-bond donors (Lipinski definition) is 0. The fourth-order valence-electron chi connectivity index (χ4n) is 5.10. The van der Waals surface area contributed by atoms with Gasteiger partial charge in [-0.15, -0.1) is 11.3 Å². The Kier molecular flexibility index (Phi) is 8.53. The number of rotatable bonds is 8. The van der Waals surface area contributed by atoms with Crippen LogP contribution in [0.15, 0.2) is 66.0 Å². The average molecular weight is 517 g/mol. The molecule has 2 unspecified atom stereocenters. The summed E-state index contributed by atoms with van der Waals surface area (Å²) in [6.07, 6.45) is 2.77. The first-order chi connectivity index (χ1) is 17.7. The fraction of sp³-hybridized carbons (Fsp3) is 0.438. The van der Waals surface area contributed by atoms with Crippen molar-refractivity contribution in [3.05, 3.63) is 93.2 Å². The highest BCUT2D eigenvalue weighted by atomic mass is 32.1. The second kappa shape index (κ2) is 11.6. The summed E-state index contributed by atoms with van der Waals surface area (Å²) in [6, 6.07) is 20.9. The van der Waals surface area contributed by atoms with E-state index >= 15 is 0 Å². The standard InChI is InChI=1S/C32H40N2O2S/c1-6-23(2)34(29(35)17-12-24-10-8-7-9-11-24)22-30(36)33-20-18-28-27(19-21-37-28)31(33)25-13-15-26(16-14-25)32(3,4)5/h7-11,13-16,19,21,23,31H,6,12,17-18,20,22H2,1-5H3. The van der Waals surface area contributed by atoms with Gasteiger partial charge in [-0.05, 0) is 65.3 Å². The Labute approximate surface area is 226 Å². The molecule has 1 aliphatic heterocycles. The van der Waals surface area contributed by atoms with E-state index in [1.165, 1.54) is 16.0 Å². The Morgan fingerprint density at radius 2 is 1.76 bits per heavy atom. The molecule has 0 N–H and O–H groups in total. The summed E-state index contributed by atoms with van der Waals surface area (Å²) < 4.78 is 0. The summed E-state index contributed by atoms with van der Waals surface area (Å²) in [7, 11) is 0. The molecular weight excluding hydrogens is 476 g/mol. The van der Waals surface area contributed by atoms with Crippen molar-refractivity contribution in [3.63, 3.8) is 0 Å². The van der Waals surface area contributed by atoms with Crippen LogP contribution in [0.1, 0.15) is 80.6 Å². The number of aryl methyl sites for hydroxylation is 1. The van der Waals surface area contributed by atoms with Gasteiger partial charge in [-0.25, -0.2) is 0 Å². The predicted octanol–water partition coefficient (Wildman–Crippen LogP) is 6.78. The van der Waals surface area contributed by atoms with E-state index in [9.17, 15) is 9.59 Å². The number of benzene rings is 2. The lowest BCUT2D eigenvalue weighted by molar-refractivity contribution is -0.143. The van der Waals surface area contributed by atoms with Gasteiger partial charge in [0.2, 0.25) is 11.8 Å². The second-order valence-electron chi connectivity index (χ2n) is 11.2. The third kappa shape index (κ3) is 6.32. The fourth-order valence-corrected chi connectivity index (χ4v) is 6.00. The zero-order valence-corrected chi connectivity index (χ0v) is 23.7. The molecule has 0 saturated carbocycles. The molecule has 2 atom stereocenters. The zero-order valence-electron chi connectivity index (χ0n) is 22.9. The Morgan fingerprint density at radius 3 is 2.41 bits per heavy atom. The molecule has 3 aromatic rings. The van der Waals surface area contributed by atoms with E-state index in [4.69, 9.17) is 0 Å². The lowest BCUT2D eigenvalue weighted by Gasteiger charge is -2.38. The third-order valence-corrected chi connectivity index (χ3v) is 8.59. The smallest absolute Gasteiger partial charge is 0.243 e. The van der Waals surface area contributed by atoms with Crippen molar-refractivity contribution >= 4 is 23.2 Å². The maximum Gasteiger partial charge on any atom is 0.243 e. The van der Waals surface area contributed by atoms with Crippen molar-refractivity contribution in [2.24, 2.45) is 0 Å². The predicted molar refractivity (Wildman–Crippen MR) is 153 cm³/mol. The number of thiophene rings is 1. The van der Waals surface area contributed by atoms with Crippen LogP contribution in [-0.4, -0.2) is 40.7 Å². The molecule has 4 rings (SSSR count). The van der Waals surface area contributed by atoms with Crippen LogP contribution in [0.5, 0.6) is 0 Å². The molecule has 0 radical (unpaired) electrons. The second-order valence-corrected chi connectivity index (χ2v) is 12.2. The molecule has 0 fully saturated rings. The summed E-state index contributed by atoms with van der Waals surface area (Å²) in [5.74, 6) is 0.0703. The third-order valence-electron chi connectivity index (χ3n) is 7.60. The number of hydrogen-bond acceptors (Lipinski definition) is 3. The van der Waals surface area contributed by atoms with E-state index in [2.05, 4.69) is 63.4 Å². The molecule has 4 nitrogen and oxygen atoms in total. The van der Waals surface area contributed by atoms with Crippen molar-refractivity contribution < 1.29 is 9.59 Å². The number of nitrogens with zero attached hydrogens (tertiary/aromatic N) is 2. The number of fused-ring (bicyclic) bond motifs is 1. The van der Waals surface area contributed by atoms with Gasteiger partial charge in [0.25, 0.3) is 0 Å². The minimum atomic E-state index is -0.116. The molecule has 0 saturated heterocycles. The van der Waals surface area contributed by atoms with E-state index in [1.807, 2.05) is 42.2 Å². The normalized spacial score (nSPS) is 16.2. The molecule has 2 amide bonds. The SMILES string of the molecule is CCC(C)N(CC(=O)N1CCc2sccc2C1c1ccc(C(C)(C)C)cc1)C(=O)CCc1ccccc1. The molecule has 0 bridgehead atoms. The molecule has 37 heavy (non-hydrogen) atoms. The molecule has 5 heteroatoms. The van der Waals surface area contributed by atoms with Crippen molar-refractivity contribution in [1.82, 2.24) is 9.80 Å². The van der Waals surface area contributed by atoms with Gasteiger partial charge < -0.3 is 9.80 Å². The number of carbonyl (C=O) groups excluding carboxylic acids is 2. The quantitative estimate of drug-likeness (QED) is 0.331. The Morgan fingerprint density at radius 1 is 1.05 bits per heavy atom. The molecule has 2 heterocycles. The first-order valence-electron chi connectivity index (χ1n) is 13.5. The molecule has 0 aliphatic carbocycles. The first kappa shape index (κ1) is 27.1. The van der Waals surface area contributed by atoms with Crippen molar-refractivity contribution in [2.45, 2.75) is 77.8 Å². The molecule has 2 aromatic carbocycles. The molecular formula is C32H40N2O2S. The van der Waals surface area contributed by atoms with Crippen molar-refractivity contribution in [2.75, 3.05) is 13.1 Å². The Hall–Kier alpha value is -2.92. The lowest BCUT2D eigenvalue weighted by atomic mass is 9.85. The van der Waals surface area contributed by atoms with Crippen LogP contribution in [0.2, 0.25) is 0 Å². The van der Waals surface area contributed by atoms with Crippen LogP contribution in [0.4, 0.5) is 0 Å². The highest BCUT2D eigenvalue weighted by Crippen LogP contribution is 2.38. The van der Waals surface area contributed by atoms with E-state index in [0.717, 1.165) is 24.0 Å². The molecule has 0 spiro atoms. The van der Waals surface area contributed by atoms with Gasteiger partial charge in [-0.3, -0.25) is 9.59 Å². The van der Waals surface area contributed by atoms with Gasteiger partial charge in [-0.2, -0.15) is 0 Å². The summed E-state index contributed by atoms with van der Waals surface area (Å²) in [6.45, 7) is 11.6. The van der Waals surface area contributed by atoms with Crippen LogP contribution >= 0.6 is 11.3 Å². The molecule has 196 valence electrons. The minimum Gasteiger partial charge on any atom is -0.331 e. The van der Waals surface area contributed by atoms with Gasteiger partial charge in [0.1, 0.15) is 6.54 Å². The first-order valence-corrected chi connectivity index (χ1v) is 14.4. The van der Waals surface area contributed by atoms with E-state index in [-0.39, 0.29) is 35.9 Å². The van der Waals surface area contributed by atoms with Gasteiger partial charge in [0.05, 0.1) is 6.04 Å². The van der Waals surface area contributed by atoms with Crippen LogP contribution in [-0.2, 0) is 27.8 Å². The highest BCUT2D eigenvalue weighted by molar-refractivity contribution is 7.10. The van der Waals surface area contributed by atoms with E-state index in [1.54, 1.807) is 16.2 Å². The van der Waals surface area contributed by atoms with Crippen LogP contribution in [0.3, 0.4) is 0 Å². The maximum atomic E-state index is 13.9. The Balaban J connectivity index is 1.56. The van der Waals surface area contributed by atoms with Gasteiger partial charge in [-0.1, -0.05) is 82.3 Å². The minimum absolute atomic E-state index is 0.0123. The van der Waals surface area contributed by atoms with Crippen LogP contribution in [0, 0.1) is 0 Å². The van der Waals surface area contributed by atoms with Gasteiger partial charge in [0, 0.05) is 23.9 Å². The highest BCUT2D eigenvalue weighted by Gasteiger charge is 2.34. The van der Waals surface area contributed by atoms with Crippen LogP contribution in [0.25, 0.3) is 0 Å². The monoisotopic (exact) mass is 516 g/mol. The zero-order chi connectivity index (χ0) is 26.6. The van der Waals surface area contributed by atoms with Gasteiger partial charge in [0.15, 0.2) is 0 Å². The Bertz CT molecular complexity index is 1190. The molecule has 1 aliphatic rings. The summed E-state index contributed by atoms with van der Waals surface area (Å²) in [4.78, 5) is 32.4. The topological polar surface area (TPSA) is 40.6 Å². The number of carbonyl (C=O) groups is 2. The van der Waals surface area contributed by atoms with Crippen molar-refractivity contribution in [1.29, 1.82) is 0 Å². The van der Waals surface area contributed by atoms with E-state index < -0.39 is 0 Å². The van der Waals surface area contributed by atoms with Crippen molar-refractivity contribution in [3.8, 4) is 0 Å². The summed E-state index contributed by atoms with van der Waals surface area (Å²) in [5, 5.41) is 2.13. The van der Waals surface area contributed by atoms with Gasteiger partial charge >= 0.3 is 0 Å². The van der Waals surface area contributed by atoms with Crippen LogP contribution < -0.4 is 0 Å². The lowest BCUT2D eigenvalue weighted by Crippen LogP contribution is -2.49. The van der Waals surface area contributed by atoms with E-state index in [0.29, 0.717) is 19.4 Å². The number of amides is 2. The largest absolute Gasteiger partial charge is 0.331 e.